The summed E-state index contributed by atoms with van der Waals surface area (Å²) in [5.41, 5.74) is 0. The average molecular weight is 249 g/mol. The molecule has 0 aliphatic heterocycles. The fourth-order valence-corrected chi connectivity index (χ4v) is 3.50. The molecule has 102 valence electrons. The van der Waals surface area contributed by atoms with Crippen LogP contribution in [0.15, 0.2) is 16.5 Å². The maximum absolute atomic E-state index is 5.97. The highest BCUT2D eigenvalue weighted by Crippen LogP contribution is 2.40. The van der Waals surface area contributed by atoms with Crippen LogP contribution in [0.25, 0.3) is 0 Å². The van der Waals surface area contributed by atoms with Gasteiger partial charge in [0.1, 0.15) is 11.5 Å². The van der Waals surface area contributed by atoms with Gasteiger partial charge >= 0.3 is 0 Å². The summed E-state index contributed by atoms with van der Waals surface area (Å²) in [4.78, 5) is 0. The zero-order chi connectivity index (χ0) is 13.0. The smallest absolute Gasteiger partial charge is 0.121 e. The Kier molecular flexibility index (Phi) is 4.87. The third-order valence-corrected chi connectivity index (χ3v) is 4.57. The second-order valence-electron chi connectivity index (χ2n) is 5.54. The monoisotopic (exact) mass is 249 g/mol. The average Bonchev–Trinajstić information content (AvgIpc) is 2.89. The predicted octanol–water partition coefficient (Wildman–Crippen LogP) is 4.32. The lowest BCUT2D eigenvalue weighted by Crippen LogP contribution is -2.32. The van der Waals surface area contributed by atoms with Crippen molar-refractivity contribution in [1.82, 2.24) is 5.32 Å². The Labute approximate surface area is 111 Å². The fraction of sp³-hybridized carbons (Fsp3) is 0.750. The molecule has 1 aromatic heterocycles. The number of nitrogens with one attached hydrogen (secondary N) is 1. The van der Waals surface area contributed by atoms with Gasteiger partial charge in [0.25, 0.3) is 0 Å². The first-order valence-electron chi connectivity index (χ1n) is 7.56. The highest BCUT2D eigenvalue weighted by molar-refractivity contribution is 5.12. The number of furan rings is 1. The molecule has 1 aliphatic carbocycles. The summed E-state index contributed by atoms with van der Waals surface area (Å²) in [5.74, 6) is 3.84. The fourth-order valence-electron chi connectivity index (χ4n) is 3.50. The van der Waals surface area contributed by atoms with Gasteiger partial charge < -0.3 is 9.73 Å². The largest absolute Gasteiger partial charge is 0.464 e. The number of rotatable bonds is 5. The van der Waals surface area contributed by atoms with Crippen LogP contribution in [0, 0.1) is 11.8 Å². The van der Waals surface area contributed by atoms with Crippen molar-refractivity contribution in [3.8, 4) is 0 Å². The van der Waals surface area contributed by atoms with Gasteiger partial charge in [-0.1, -0.05) is 39.5 Å². The molecule has 18 heavy (non-hydrogen) atoms. The molecule has 1 heterocycles. The molecule has 2 nitrogen and oxygen atoms in total. The topological polar surface area (TPSA) is 25.2 Å². The van der Waals surface area contributed by atoms with Crippen LogP contribution in [0.5, 0.6) is 0 Å². The van der Waals surface area contributed by atoms with Gasteiger partial charge in [-0.15, -0.1) is 0 Å². The summed E-state index contributed by atoms with van der Waals surface area (Å²) in [6, 6.07) is 4.70. The Hall–Kier alpha value is -0.760. The van der Waals surface area contributed by atoms with E-state index in [9.17, 15) is 0 Å². The lowest BCUT2D eigenvalue weighted by atomic mass is 9.73. The molecular formula is C16H27NO. The standard InChI is InChI=1S/C16H27NO/c1-4-12-8-6-7-9-14(12)16(17-3)15-11-10-13(5-2)18-15/h10-12,14,16-17H,4-9H2,1-3H3. The lowest BCUT2D eigenvalue weighted by Gasteiger charge is -2.35. The first kappa shape index (κ1) is 13.7. The predicted molar refractivity (Wildman–Crippen MR) is 75.6 cm³/mol. The van der Waals surface area contributed by atoms with E-state index in [2.05, 4.69) is 38.3 Å². The minimum Gasteiger partial charge on any atom is -0.464 e. The lowest BCUT2D eigenvalue weighted by molar-refractivity contribution is 0.165. The summed E-state index contributed by atoms with van der Waals surface area (Å²) in [6.07, 6.45) is 7.79. The second kappa shape index (κ2) is 6.42. The third kappa shape index (κ3) is 2.80. The normalized spacial score (nSPS) is 26.2. The van der Waals surface area contributed by atoms with Gasteiger partial charge in [0.15, 0.2) is 0 Å². The van der Waals surface area contributed by atoms with Crippen molar-refractivity contribution in [2.24, 2.45) is 11.8 Å². The van der Waals surface area contributed by atoms with E-state index in [4.69, 9.17) is 4.42 Å². The molecule has 1 fully saturated rings. The maximum atomic E-state index is 5.97. The van der Waals surface area contributed by atoms with Crippen molar-refractivity contribution in [3.05, 3.63) is 23.7 Å². The number of aryl methyl sites for hydroxylation is 1. The van der Waals surface area contributed by atoms with Gasteiger partial charge in [0, 0.05) is 6.42 Å². The second-order valence-corrected chi connectivity index (χ2v) is 5.54. The molecule has 0 saturated heterocycles. The van der Waals surface area contributed by atoms with E-state index in [1.807, 2.05) is 0 Å². The van der Waals surface area contributed by atoms with E-state index in [1.54, 1.807) is 0 Å². The molecular weight excluding hydrogens is 222 g/mol. The summed E-state index contributed by atoms with van der Waals surface area (Å²) in [7, 11) is 2.07. The summed E-state index contributed by atoms with van der Waals surface area (Å²) in [6.45, 7) is 4.47. The number of hydrogen-bond donors (Lipinski definition) is 1. The molecule has 1 saturated carbocycles. The highest BCUT2D eigenvalue weighted by atomic mass is 16.3. The summed E-state index contributed by atoms with van der Waals surface area (Å²) < 4.78 is 5.97. The molecule has 3 unspecified atom stereocenters. The summed E-state index contributed by atoms with van der Waals surface area (Å²) >= 11 is 0. The zero-order valence-corrected chi connectivity index (χ0v) is 12.0. The van der Waals surface area contributed by atoms with E-state index in [1.165, 1.54) is 32.1 Å². The van der Waals surface area contributed by atoms with Gasteiger partial charge in [-0.3, -0.25) is 0 Å². The first-order chi connectivity index (χ1) is 8.80. The van der Waals surface area contributed by atoms with Crippen LogP contribution in [-0.4, -0.2) is 7.05 Å². The van der Waals surface area contributed by atoms with Gasteiger partial charge in [0.05, 0.1) is 6.04 Å². The molecule has 3 atom stereocenters. The van der Waals surface area contributed by atoms with Crippen molar-refractivity contribution >= 4 is 0 Å². The Morgan fingerprint density at radius 2 is 2.06 bits per heavy atom. The van der Waals surface area contributed by atoms with E-state index < -0.39 is 0 Å². The van der Waals surface area contributed by atoms with Gasteiger partial charge in [0.2, 0.25) is 0 Å². The van der Waals surface area contributed by atoms with Crippen molar-refractivity contribution in [3.63, 3.8) is 0 Å². The van der Waals surface area contributed by atoms with Crippen molar-refractivity contribution in [2.45, 2.75) is 58.4 Å². The van der Waals surface area contributed by atoms with Crippen molar-refractivity contribution in [2.75, 3.05) is 7.05 Å². The Bertz CT molecular complexity index is 358. The summed E-state index contributed by atoms with van der Waals surface area (Å²) in [5, 5.41) is 3.50. The van der Waals surface area contributed by atoms with Crippen LogP contribution in [0.4, 0.5) is 0 Å². The third-order valence-electron chi connectivity index (χ3n) is 4.57. The van der Waals surface area contributed by atoms with Crippen LogP contribution < -0.4 is 5.32 Å². The van der Waals surface area contributed by atoms with Gasteiger partial charge in [-0.2, -0.15) is 0 Å². The zero-order valence-electron chi connectivity index (χ0n) is 12.0. The first-order valence-corrected chi connectivity index (χ1v) is 7.56. The molecule has 1 aromatic rings. The van der Waals surface area contributed by atoms with Crippen molar-refractivity contribution < 1.29 is 4.42 Å². The van der Waals surface area contributed by atoms with Crippen LogP contribution in [0.1, 0.15) is 63.5 Å². The Morgan fingerprint density at radius 1 is 1.28 bits per heavy atom. The van der Waals surface area contributed by atoms with E-state index in [0.29, 0.717) is 6.04 Å². The maximum Gasteiger partial charge on any atom is 0.121 e. The van der Waals surface area contributed by atoms with E-state index in [0.717, 1.165) is 29.8 Å². The molecule has 1 N–H and O–H groups in total. The molecule has 1 aliphatic rings. The molecule has 0 radical (unpaired) electrons. The van der Waals surface area contributed by atoms with E-state index >= 15 is 0 Å². The number of hydrogen-bond acceptors (Lipinski definition) is 2. The quantitative estimate of drug-likeness (QED) is 0.840. The van der Waals surface area contributed by atoms with Gasteiger partial charge in [-0.25, -0.2) is 0 Å². The molecule has 0 spiro atoms. The Morgan fingerprint density at radius 3 is 2.67 bits per heavy atom. The molecule has 0 amide bonds. The van der Waals surface area contributed by atoms with Crippen LogP contribution >= 0.6 is 0 Å². The Balaban J connectivity index is 2.15. The minimum atomic E-state index is 0.399. The molecule has 0 aromatic carbocycles. The highest BCUT2D eigenvalue weighted by Gasteiger charge is 2.32. The van der Waals surface area contributed by atoms with Gasteiger partial charge in [-0.05, 0) is 37.4 Å². The van der Waals surface area contributed by atoms with E-state index in [-0.39, 0.29) is 0 Å². The van der Waals surface area contributed by atoms with Crippen molar-refractivity contribution in [1.29, 1.82) is 0 Å². The molecule has 2 heteroatoms. The van der Waals surface area contributed by atoms with Crippen LogP contribution in [0.2, 0.25) is 0 Å². The molecule has 2 rings (SSSR count). The van der Waals surface area contributed by atoms with Crippen LogP contribution in [0.3, 0.4) is 0 Å². The van der Waals surface area contributed by atoms with Crippen LogP contribution in [-0.2, 0) is 6.42 Å². The minimum absolute atomic E-state index is 0.399. The molecule has 0 bridgehead atoms. The SMILES string of the molecule is CCc1ccc(C(NC)C2CCCCC2CC)o1.